The van der Waals surface area contributed by atoms with E-state index in [-0.39, 0.29) is 5.91 Å². The fourth-order valence-electron chi connectivity index (χ4n) is 3.53. The van der Waals surface area contributed by atoms with Crippen LogP contribution in [0.4, 0.5) is 5.69 Å². The molecule has 2 aliphatic heterocycles. The van der Waals surface area contributed by atoms with E-state index in [9.17, 15) is 4.79 Å². The normalized spacial score (nSPS) is 20.7. The molecule has 1 aromatic rings. The minimum absolute atomic E-state index is 0.0179. The highest BCUT2D eigenvalue weighted by atomic mass is 16.5. The quantitative estimate of drug-likeness (QED) is 0.883. The minimum Gasteiger partial charge on any atom is -0.495 e. The van der Waals surface area contributed by atoms with Crippen molar-refractivity contribution >= 4 is 11.6 Å². The number of hydrogen-bond acceptors (Lipinski definition) is 5. The van der Waals surface area contributed by atoms with Crippen LogP contribution in [0.3, 0.4) is 0 Å². The zero-order chi connectivity index (χ0) is 16.8. The first-order valence-electron chi connectivity index (χ1n) is 8.73. The standard InChI is InChI=1S/C18H27N3O3/c1-23-17-5-3-2-4-16(17)19-18(22)14-20-8-6-15(7-9-20)21-10-12-24-13-11-21/h2-5,15H,6-14H2,1H3,(H,19,22). The Morgan fingerprint density at radius 3 is 2.62 bits per heavy atom. The lowest BCUT2D eigenvalue weighted by Gasteiger charge is -2.39. The molecule has 6 nitrogen and oxygen atoms in total. The third-order valence-corrected chi connectivity index (χ3v) is 4.87. The zero-order valence-electron chi connectivity index (χ0n) is 14.4. The van der Waals surface area contributed by atoms with Gasteiger partial charge in [0, 0.05) is 32.2 Å². The molecular formula is C18H27N3O3. The summed E-state index contributed by atoms with van der Waals surface area (Å²) in [5.41, 5.74) is 0.730. The van der Waals surface area contributed by atoms with E-state index in [1.165, 1.54) is 0 Å². The van der Waals surface area contributed by atoms with Gasteiger partial charge in [0.1, 0.15) is 5.75 Å². The summed E-state index contributed by atoms with van der Waals surface area (Å²) in [4.78, 5) is 17.1. The van der Waals surface area contributed by atoms with Crippen LogP contribution < -0.4 is 10.1 Å². The third kappa shape index (κ3) is 4.47. The summed E-state index contributed by atoms with van der Waals surface area (Å²) < 4.78 is 10.7. The maximum absolute atomic E-state index is 12.3. The second kappa shape index (κ2) is 8.46. The number of anilines is 1. The SMILES string of the molecule is COc1ccccc1NC(=O)CN1CCC(N2CCOCC2)CC1. The molecule has 2 aliphatic rings. The number of morpholine rings is 1. The number of likely N-dealkylation sites (tertiary alicyclic amines) is 1. The summed E-state index contributed by atoms with van der Waals surface area (Å²) in [5.74, 6) is 0.709. The molecule has 0 radical (unpaired) electrons. The molecule has 2 saturated heterocycles. The van der Waals surface area contributed by atoms with Crippen LogP contribution in [0.15, 0.2) is 24.3 Å². The maximum Gasteiger partial charge on any atom is 0.238 e. The van der Waals surface area contributed by atoms with Crippen LogP contribution in [0.2, 0.25) is 0 Å². The van der Waals surface area contributed by atoms with E-state index in [4.69, 9.17) is 9.47 Å². The summed E-state index contributed by atoms with van der Waals surface area (Å²) >= 11 is 0. The van der Waals surface area contributed by atoms with Crippen LogP contribution in [0.25, 0.3) is 0 Å². The van der Waals surface area contributed by atoms with Gasteiger partial charge in [-0.25, -0.2) is 0 Å². The van der Waals surface area contributed by atoms with E-state index in [1.54, 1.807) is 7.11 Å². The van der Waals surface area contributed by atoms with Gasteiger partial charge in [0.05, 0.1) is 32.6 Å². The molecule has 1 N–H and O–H groups in total. The average Bonchev–Trinajstić information content (AvgIpc) is 2.63. The first-order chi connectivity index (χ1) is 11.8. The largest absolute Gasteiger partial charge is 0.495 e. The average molecular weight is 333 g/mol. The Labute approximate surface area is 143 Å². The lowest BCUT2D eigenvalue weighted by molar-refractivity contribution is -0.117. The molecule has 6 heteroatoms. The molecule has 2 fully saturated rings. The molecule has 0 aliphatic carbocycles. The molecule has 2 heterocycles. The van der Waals surface area contributed by atoms with Crippen molar-refractivity contribution in [1.29, 1.82) is 0 Å². The van der Waals surface area contributed by atoms with E-state index in [0.29, 0.717) is 18.3 Å². The number of amides is 1. The Bertz CT molecular complexity index is 538. The number of nitrogens with zero attached hydrogens (tertiary/aromatic N) is 2. The van der Waals surface area contributed by atoms with Gasteiger partial charge in [-0.2, -0.15) is 0 Å². The lowest BCUT2D eigenvalue weighted by Crippen LogP contribution is -2.50. The number of carbonyl (C=O) groups is 1. The van der Waals surface area contributed by atoms with E-state index in [2.05, 4.69) is 15.1 Å². The van der Waals surface area contributed by atoms with E-state index >= 15 is 0 Å². The van der Waals surface area contributed by atoms with Crippen LogP contribution in [-0.2, 0) is 9.53 Å². The number of benzene rings is 1. The highest BCUT2D eigenvalue weighted by Crippen LogP contribution is 2.23. The van der Waals surface area contributed by atoms with Crippen molar-refractivity contribution in [3.63, 3.8) is 0 Å². The number of para-hydroxylation sites is 2. The van der Waals surface area contributed by atoms with Crippen molar-refractivity contribution in [2.45, 2.75) is 18.9 Å². The first-order valence-corrected chi connectivity index (χ1v) is 8.73. The number of nitrogens with one attached hydrogen (secondary N) is 1. The molecule has 3 rings (SSSR count). The molecule has 0 unspecified atom stereocenters. The van der Waals surface area contributed by atoms with Crippen LogP contribution in [-0.4, -0.2) is 74.8 Å². The summed E-state index contributed by atoms with van der Waals surface area (Å²) in [7, 11) is 1.61. The molecule has 132 valence electrons. The number of piperidine rings is 1. The molecule has 0 bridgehead atoms. The van der Waals surface area contributed by atoms with Crippen molar-refractivity contribution in [2.24, 2.45) is 0 Å². The van der Waals surface area contributed by atoms with Crippen molar-refractivity contribution in [2.75, 3.05) is 58.4 Å². The molecule has 1 aromatic carbocycles. The van der Waals surface area contributed by atoms with Crippen molar-refractivity contribution in [3.8, 4) is 5.75 Å². The molecule has 1 amide bonds. The van der Waals surface area contributed by atoms with E-state index in [1.807, 2.05) is 24.3 Å². The highest BCUT2D eigenvalue weighted by molar-refractivity contribution is 5.93. The Balaban J connectivity index is 1.44. The van der Waals surface area contributed by atoms with Crippen LogP contribution >= 0.6 is 0 Å². The van der Waals surface area contributed by atoms with Gasteiger partial charge in [-0.1, -0.05) is 12.1 Å². The number of rotatable bonds is 5. The predicted octanol–water partition coefficient (Wildman–Crippen LogP) is 1.43. The minimum atomic E-state index is 0.0179. The summed E-state index contributed by atoms with van der Waals surface area (Å²) in [5, 5.41) is 2.95. The molecule has 0 aromatic heterocycles. The van der Waals surface area contributed by atoms with E-state index in [0.717, 1.165) is 57.9 Å². The van der Waals surface area contributed by atoms with Crippen LogP contribution in [0.5, 0.6) is 5.75 Å². The van der Waals surface area contributed by atoms with Crippen molar-refractivity contribution < 1.29 is 14.3 Å². The van der Waals surface area contributed by atoms with E-state index < -0.39 is 0 Å². The number of methoxy groups -OCH3 is 1. The van der Waals surface area contributed by atoms with Gasteiger partial charge in [-0.3, -0.25) is 14.6 Å². The summed E-state index contributed by atoms with van der Waals surface area (Å²) in [6, 6.07) is 8.14. The van der Waals surface area contributed by atoms with Gasteiger partial charge in [-0.05, 0) is 25.0 Å². The summed E-state index contributed by atoms with van der Waals surface area (Å²) in [6.07, 6.45) is 2.25. The molecular weight excluding hydrogens is 306 g/mol. The monoisotopic (exact) mass is 333 g/mol. The fraction of sp³-hybridized carbons (Fsp3) is 0.611. The zero-order valence-corrected chi connectivity index (χ0v) is 14.4. The topological polar surface area (TPSA) is 54.0 Å². The van der Waals surface area contributed by atoms with Gasteiger partial charge < -0.3 is 14.8 Å². The molecule has 0 atom stereocenters. The Kier molecular flexibility index (Phi) is 6.07. The smallest absolute Gasteiger partial charge is 0.238 e. The van der Waals surface area contributed by atoms with Gasteiger partial charge in [0.2, 0.25) is 5.91 Å². The first kappa shape index (κ1) is 17.2. The lowest BCUT2D eigenvalue weighted by atomic mass is 10.0. The molecule has 0 spiro atoms. The second-order valence-electron chi connectivity index (χ2n) is 6.40. The second-order valence-corrected chi connectivity index (χ2v) is 6.40. The highest BCUT2D eigenvalue weighted by Gasteiger charge is 2.26. The number of ether oxygens (including phenoxy) is 2. The van der Waals surface area contributed by atoms with Crippen molar-refractivity contribution in [3.05, 3.63) is 24.3 Å². The van der Waals surface area contributed by atoms with Crippen LogP contribution in [0.1, 0.15) is 12.8 Å². The Hall–Kier alpha value is -1.63. The predicted molar refractivity (Wildman–Crippen MR) is 93.5 cm³/mol. The third-order valence-electron chi connectivity index (χ3n) is 4.87. The molecule has 24 heavy (non-hydrogen) atoms. The van der Waals surface area contributed by atoms with Crippen LogP contribution in [0, 0.1) is 0 Å². The Morgan fingerprint density at radius 1 is 1.21 bits per heavy atom. The Morgan fingerprint density at radius 2 is 1.92 bits per heavy atom. The number of hydrogen-bond donors (Lipinski definition) is 1. The fourth-order valence-corrected chi connectivity index (χ4v) is 3.53. The van der Waals surface area contributed by atoms with Gasteiger partial charge in [-0.15, -0.1) is 0 Å². The molecule has 0 saturated carbocycles. The summed E-state index contributed by atoms with van der Waals surface area (Å²) in [6.45, 7) is 6.16. The van der Waals surface area contributed by atoms with Gasteiger partial charge in [0.15, 0.2) is 0 Å². The number of carbonyl (C=O) groups excluding carboxylic acids is 1. The van der Waals surface area contributed by atoms with Crippen molar-refractivity contribution in [1.82, 2.24) is 9.80 Å². The van der Waals surface area contributed by atoms with Gasteiger partial charge in [0.25, 0.3) is 0 Å². The van der Waals surface area contributed by atoms with Gasteiger partial charge >= 0.3 is 0 Å². The maximum atomic E-state index is 12.3.